The van der Waals surface area contributed by atoms with Crippen molar-refractivity contribution in [3.63, 3.8) is 0 Å². The van der Waals surface area contributed by atoms with E-state index in [1.165, 1.54) is 12.1 Å². The summed E-state index contributed by atoms with van der Waals surface area (Å²) in [5.74, 6) is -1.33. The minimum Gasteiger partial charge on any atom is -0.320 e. The quantitative estimate of drug-likeness (QED) is 0.857. The van der Waals surface area contributed by atoms with E-state index in [0.29, 0.717) is 10.6 Å². The van der Waals surface area contributed by atoms with Crippen LogP contribution < -0.4 is 5.32 Å². The molecule has 1 N–H and O–H groups in total. The van der Waals surface area contributed by atoms with Gasteiger partial charge >= 0.3 is 11.2 Å². The number of nitrogens with one attached hydrogen (secondary N) is 1. The van der Waals surface area contributed by atoms with E-state index in [2.05, 4.69) is 5.32 Å². The monoisotopic (exact) mass is 279 g/mol. The fraction of sp³-hybridized carbons (Fsp3) is 0.0714. The van der Waals surface area contributed by atoms with E-state index in [9.17, 15) is 13.6 Å². The topological polar surface area (TPSA) is 29.1 Å². The summed E-state index contributed by atoms with van der Waals surface area (Å²) in [5, 5.41) is -1.32. The van der Waals surface area contributed by atoms with Crippen molar-refractivity contribution >= 4 is 23.4 Å². The molecule has 0 atom stereocenters. The van der Waals surface area contributed by atoms with Crippen LogP contribution in [-0.4, -0.2) is 11.2 Å². The summed E-state index contributed by atoms with van der Waals surface area (Å²) in [6, 6.07) is 16.3. The van der Waals surface area contributed by atoms with Gasteiger partial charge in [-0.05, 0) is 36.0 Å². The summed E-state index contributed by atoms with van der Waals surface area (Å²) < 4.78 is 27.5. The minimum atomic E-state index is -3.52. The molecule has 0 bridgehead atoms. The van der Waals surface area contributed by atoms with Gasteiger partial charge < -0.3 is 5.32 Å². The van der Waals surface area contributed by atoms with Gasteiger partial charge in [0.25, 0.3) is 0 Å². The third-order valence-corrected chi connectivity index (χ3v) is 3.23. The molecular formula is C14H11F2NOS. The van der Waals surface area contributed by atoms with Crippen LogP contribution in [0.1, 0.15) is 0 Å². The number of para-hydroxylation sites is 1. The fourth-order valence-corrected chi connectivity index (χ4v) is 2.14. The highest BCUT2D eigenvalue weighted by Gasteiger charge is 2.40. The predicted octanol–water partition coefficient (Wildman–Crippen LogP) is 4.01. The smallest absolute Gasteiger partial charge is 0.320 e. The van der Waals surface area contributed by atoms with Crippen LogP contribution in [0.5, 0.6) is 0 Å². The Balaban J connectivity index is 2.05. The highest BCUT2D eigenvalue weighted by molar-refractivity contribution is 8.01. The van der Waals surface area contributed by atoms with Gasteiger partial charge in [0.05, 0.1) is 0 Å². The first-order chi connectivity index (χ1) is 9.08. The van der Waals surface area contributed by atoms with Crippen molar-refractivity contribution in [1.29, 1.82) is 0 Å². The number of hydrogen-bond acceptors (Lipinski definition) is 2. The minimum absolute atomic E-state index is 0.228. The van der Waals surface area contributed by atoms with Crippen LogP contribution in [-0.2, 0) is 4.79 Å². The summed E-state index contributed by atoms with van der Waals surface area (Å²) in [6.07, 6.45) is 0. The van der Waals surface area contributed by atoms with Crippen LogP contribution in [0.2, 0.25) is 0 Å². The number of carbonyl (C=O) groups excluding carboxylic acids is 1. The lowest BCUT2D eigenvalue weighted by Crippen LogP contribution is -2.31. The Hall–Kier alpha value is -1.88. The molecule has 0 aliphatic heterocycles. The van der Waals surface area contributed by atoms with Gasteiger partial charge in [-0.3, -0.25) is 4.79 Å². The molecule has 0 saturated carbocycles. The molecule has 0 aliphatic rings. The Bertz CT molecular complexity index is 546. The van der Waals surface area contributed by atoms with E-state index in [1.54, 1.807) is 48.5 Å². The maximum Gasteiger partial charge on any atom is 0.375 e. The maximum atomic E-state index is 13.7. The van der Waals surface area contributed by atoms with E-state index < -0.39 is 11.2 Å². The van der Waals surface area contributed by atoms with Gasteiger partial charge in [0.15, 0.2) is 0 Å². The molecule has 0 radical (unpaired) electrons. The number of anilines is 1. The van der Waals surface area contributed by atoms with Crippen molar-refractivity contribution < 1.29 is 13.6 Å². The Kier molecular flexibility index (Phi) is 4.16. The van der Waals surface area contributed by atoms with Crippen molar-refractivity contribution in [3.05, 3.63) is 60.7 Å². The van der Waals surface area contributed by atoms with Crippen LogP contribution in [0, 0.1) is 0 Å². The fourth-order valence-electron chi connectivity index (χ4n) is 1.41. The first-order valence-corrected chi connectivity index (χ1v) is 6.38. The summed E-state index contributed by atoms with van der Waals surface area (Å²) in [6.45, 7) is 0. The van der Waals surface area contributed by atoms with Crippen LogP contribution in [0.15, 0.2) is 65.6 Å². The number of halogens is 2. The van der Waals surface area contributed by atoms with Crippen molar-refractivity contribution in [3.8, 4) is 0 Å². The van der Waals surface area contributed by atoms with Crippen LogP contribution in [0.4, 0.5) is 14.5 Å². The standard InChI is InChI=1S/C14H11F2NOS/c15-14(16,19-12-9-5-2-6-10-12)13(18)17-11-7-3-1-4-8-11/h1-10H,(H,17,18). The maximum absolute atomic E-state index is 13.7. The van der Waals surface area contributed by atoms with Crippen LogP contribution in [0.25, 0.3) is 0 Å². The highest BCUT2D eigenvalue weighted by atomic mass is 32.2. The lowest BCUT2D eigenvalue weighted by molar-refractivity contribution is -0.129. The van der Waals surface area contributed by atoms with Crippen LogP contribution >= 0.6 is 11.8 Å². The van der Waals surface area contributed by atoms with Crippen LogP contribution in [0.3, 0.4) is 0 Å². The second-order valence-corrected chi connectivity index (χ2v) is 4.94. The van der Waals surface area contributed by atoms with E-state index in [0.717, 1.165) is 0 Å². The lowest BCUT2D eigenvalue weighted by Gasteiger charge is -2.15. The predicted molar refractivity (Wildman–Crippen MR) is 72.3 cm³/mol. The molecule has 0 unspecified atom stereocenters. The molecule has 2 aromatic carbocycles. The third-order valence-electron chi connectivity index (χ3n) is 2.29. The van der Waals surface area contributed by atoms with Crippen molar-refractivity contribution in [1.82, 2.24) is 0 Å². The zero-order valence-corrected chi connectivity index (χ0v) is 10.7. The van der Waals surface area contributed by atoms with Gasteiger partial charge in [0.2, 0.25) is 0 Å². The van der Waals surface area contributed by atoms with E-state index in [4.69, 9.17) is 0 Å². The second-order valence-electron chi connectivity index (χ2n) is 3.75. The first-order valence-electron chi connectivity index (χ1n) is 5.56. The molecule has 1 amide bonds. The average Bonchev–Trinajstić information content (AvgIpc) is 2.40. The molecule has 0 fully saturated rings. The molecule has 0 heterocycles. The zero-order valence-electron chi connectivity index (χ0n) is 9.85. The number of alkyl halides is 2. The zero-order chi connectivity index (χ0) is 13.7. The number of benzene rings is 2. The van der Waals surface area contributed by atoms with E-state index in [1.807, 2.05) is 0 Å². The Morgan fingerprint density at radius 1 is 0.947 bits per heavy atom. The largest absolute Gasteiger partial charge is 0.375 e. The molecule has 0 aliphatic carbocycles. The normalized spacial score (nSPS) is 11.1. The van der Waals surface area contributed by atoms with Gasteiger partial charge in [0, 0.05) is 10.6 Å². The van der Waals surface area contributed by atoms with E-state index in [-0.39, 0.29) is 11.8 Å². The molecular weight excluding hydrogens is 268 g/mol. The van der Waals surface area contributed by atoms with E-state index >= 15 is 0 Å². The summed E-state index contributed by atoms with van der Waals surface area (Å²) in [7, 11) is 0. The van der Waals surface area contributed by atoms with Crippen molar-refractivity contribution in [2.24, 2.45) is 0 Å². The second kappa shape index (κ2) is 5.84. The molecule has 98 valence electrons. The highest BCUT2D eigenvalue weighted by Crippen LogP contribution is 2.36. The first kappa shape index (κ1) is 13.5. The van der Waals surface area contributed by atoms with Gasteiger partial charge in [0.1, 0.15) is 0 Å². The summed E-state index contributed by atoms with van der Waals surface area (Å²) in [5.41, 5.74) is 0.348. The molecule has 0 spiro atoms. The van der Waals surface area contributed by atoms with Gasteiger partial charge in [-0.25, -0.2) is 0 Å². The average molecular weight is 279 g/mol. The molecule has 2 aromatic rings. The molecule has 2 rings (SSSR count). The Morgan fingerprint density at radius 2 is 1.47 bits per heavy atom. The summed E-state index contributed by atoms with van der Waals surface area (Å²) in [4.78, 5) is 11.9. The van der Waals surface area contributed by atoms with Gasteiger partial charge in [-0.1, -0.05) is 36.4 Å². The number of carbonyl (C=O) groups is 1. The molecule has 0 aromatic heterocycles. The lowest BCUT2D eigenvalue weighted by atomic mass is 10.3. The van der Waals surface area contributed by atoms with Crippen molar-refractivity contribution in [2.75, 3.05) is 5.32 Å². The third kappa shape index (κ3) is 3.79. The number of hydrogen-bond donors (Lipinski definition) is 1. The number of rotatable bonds is 4. The molecule has 2 nitrogen and oxygen atoms in total. The summed E-state index contributed by atoms with van der Waals surface area (Å²) >= 11 is 0.228. The molecule has 0 saturated heterocycles. The molecule has 5 heteroatoms. The SMILES string of the molecule is O=C(Nc1ccccc1)C(F)(F)Sc1ccccc1. The Morgan fingerprint density at radius 3 is 2.05 bits per heavy atom. The Labute approximate surface area is 113 Å². The number of amides is 1. The van der Waals surface area contributed by atoms with Gasteiger partial charge in [-0.15, -0.1) is 0 Å². The van der Waals surface area contributed by atoms with Gasteiger partial charge in [-0.2, -0.15) is 8.78 Å². The number of thioether (sulfide) groups is 1. The van der Waals surface area contributed by atoms with Crippen molar-refractivity contribution in [2.45, 2.75) is 10.2 Å². The molecule has 19 heavy (non-hydrogen) atoms.